The molecule has 0 fully saturated rings. The molecule has 0 N–H and O–H groups in total. The van der Waals surface area contributed by atoms with Crippen LogP contribution in [0.3, 0.4) is 0 Å². The lowest BCUT2D eigenvalue weighted by atomic mass is 10.3. The zero-order valence-corrected chi connectivity index (χ0v) is 8.51. The fourth-order valence-electron chi connectivity index (χ4n) is 0.968. The first-order valence-corrected chi connectivity index (χ1v) is 4.94. The van der Waals surface area contributed by atoms with Crippen molar-refractivity contribution >= 4 is 23.3 Å². The summed E-state index contributed by atoms with van der Waals surface area (Å²) < 4.78 is 9.54. The second-order valence-electron chi connectivity index (χ2n) is 2.53. The van der Waals surface area contributed by atoms with E-state index in [1.165, 1.54) is 0 Å². The van der Waals surface area contributed by atoms with Crippen LogP contribution in [0, 0.1) is 0 Å². The molecule has 0 radical (unpaired) electrons. The highest BCUT2D eigenvalue weighted by molar-refractivity contribution is 6.99. The van der Waals surface area contributed by atoms with Gasteiger partial charge in [0.2, 0.25) is 5.82 Å². The zero-order chi connectivity index (χ0) is 9.26. The van der Waals surface area contributed by atoms with Crippen molar-refractivity contribution in [3.63, 3.8) is 0 Å². The van der Waals surface area contributed by atoms with E-state index in [1.54, 1.807) is 10.9 Å². The van der Waals surface area contributed by atoms with E-state index in [0.29, 0.717) is 11.0 Å². The number of aromatic nitrogens is 4. The van der Waals surface area contributed by atoms with E-state index in [1.807, 2.05) is 6.20 Å². The Kier molecular flexibility index (Phi) is 2.28. The van der Waals surface area contributed by atoms with Crippen LogP contribution in [0.5, 0.6) is 0 Å². The number of hydrogen-bond acceptors (Lipinski definition) is 4. The Balaban J connectivity index is 2.41. The molecule has 0 saturated heterocycles. The maximum absolute atomic E-state index is 5.80. The molecule has 0 saturated carbocycles. The van der Waals surface area contributed by atoms with Crippen LogP contribution in [-0.2, 0) is 6.42 Å². The summed E-state index contributed by atoms with van der Waals surface area (Å²) in [5, 5.41) is 4.53. The number of hydrogen-bond donors (Lipinski definition) is 0. The smallest absolute Gasteiger partial charge is 0.206 e. The van der Waals surface area contributed by atoms with Crippen molar-refractivity contribution in [2.75, 3.05) is 0 Å². The summed E-state index contributed by atoms with van der Waals surface area (Å²) in [5.41, 5.74) is 1.16. The summed E-state index contributed by atoms with van der Waals surface area (Å²) in [6, 6.07) is 0. The maximum atomic E-state index is 5.80. The van der Waals surface area contributed by atoms with E-state index in [9.17, 15) is 0 Å². The van der Waals surface area contributed by atoms with Crippen molar-refractivity contribution in [1.82, 2.24) is 18.5 Å². The highest BCUT2D eigenvalue weighted by Gasteiger charge is 2.08. The quantitative estimate of drug-likeness (QED) is 0.768. The molecule has 0 aliphatic carbocycles. The van der Waals surface area contributed by atoms with Crippen LogP contribution in [0.1, 0.15) is 12.5 Å². The Morgan fingerprint density at radius 1 is 1.54 bits per heavy atom. The third kappa shape index (κ3) is 1.57. The lowest BCUT2D eigenvalue weighted by molar-refractivity contribution is 0.858. The van der Waals surface area contributed by atoms with Gasteiger partial charge in [0.1, 0.15) is 0 Å². The Hall–Kier alpha value is -0.940. The molecular weight excluding hydrogens is 208 g/mol. The SMILES string of the molecule is CCc1cnn(-c2nsnc2Cl)c1. The Morgan fingerprint density at radius 2 is 2.38 bits per heavy atom. The largest absolute Gasteiger partial charge is 0.219 e. The van der Waals surface area contributed by atoms with Gasteiger partial charge >= 0.3 is 0 Å². The van der Waals surface area contributed by atoms with Gasteiger partial charge in [0, 0.05) is 6.20 Å². The fourth-order valence-corrected chi connectivity index (χ4v) is 1.68. The normalized spacial score (nSPS) is 10.6. The van der Waals surface area contributed by atoms with Crippen molar-refractivity contribution in [3.8, 4) is 5.82 Å². The Labute approximate surface area is 84.5 Å². The van der Waals surface area contributed by atoms with Crippen LogP contribution in [0.2, 0.25) is 5.15 Å². The number of rotatable bonds is 2. The van der Waals surface area contributed by atoms with Crippen molar-refractivity contribution in [1.29, 1.82) is 0 Å². The minimum Gasteiger partial charge on any atom is -0.219 e. The highest BCUT2D eigenvalue weighted by Crippen LogP contribution is 2.16. The van der Waals surface area contributed by atoms with Crippen LogP contribution in [-0.4, -0.2) is 18.5 Å². The van der Waals surface area contributed by atoms with Crippen molar-refractivity contribution in [2.24, 2.45) is 0 Å². The summed E-state index contributed by atoms with van der Waals surface area (Å²) in [7, 11) is 0. The van der Waals surface area contributed by atoms with Gasteiger partial charge in [-0.1, -0.05) is 18.5 Å². The lowest BCUT2D eigenvalue weighted by Gasteiger charge is -1.92. The summed E-state index contributed by atoms with van der Waals surface area (Å²) >= 11 is 6.89. The predicted octanol–water partition coefficient (Wildman–Crippen LogP) is 1.94. The first-order valence-electron chi connectivity index (χ1n) is 3.83. The van der Waals surface area contributed by atoms with Gasteiger partial charge in [-0.25, -0.2) is 4.68 Å². The average molecular weight is 215 g/mol. The van der Waals surface area contributed by atoms with Gasteiger partial charge in [-0.05, 0) is 12.0 Å². The molecule has 2 rings (SSSR count). The topological polar surface area (TPSA) is 43.6 Å². The first kappa shape index (κ1) is 8.65. The molecule has 0 spiro atoms. The molecule has 0 amide bonds. The molecule has 0 atom stereocenters. The second-order valence-corrected chi connectivity index (χ2v) is 3.41. The summed E-state index contributed by atoms with van der Waals surface area (Å²) in [6.07, 6.45) is 4.66. The van der Waals surface area contributed by atoms with E-state index in [2.05, 4.69) is 20.8 Å². The molecule has 2 aromatic rings. The third-order valence-corrected chi connectivity index (χ3v) is 2.57. The second kappa shape index (κ2) is 3.43. The third-order valence-electron chi connectivity index (χ3n) is 1.69. The highest BCUT2D eigenvalue weighted by atomic mass is 35.5. The van der Waals surface area contributed by atoms with Crippen LogP contribution in [0.4, 0.5) is 0 Å². The molecule has 2 aromatic heterocycles. The molecule has 0 aliphatic heterocycles. The number of aryl methyl sites for hydroxylation is 1. The minimum absolute atomic E-state index is 0.399. The molecule has 2 heterocycles. The van der Waals surface area contributed by atoms with Crippen LogP contribution >= 0.6 is 23.3 Å². The summed E-state index contributed by atoms with van der Waals surface area (Å²) in [6.45, 7) is 2.07. The Morgan fingerprint density at radius 3 is 2.92 bits per heavy atom. The van der Waals surface area contributed by atoms with E-state index < -0.39 is 0 Å². The van der Waals surface area contributed by atoms with Gasteiger partial charge in [0.25, 0.3) is 0 Å². The first-order chi connectivity index (χ1) is 6.31. The van der Waals surface area contributed by atoms with Crippen LogP contribution < -0.4 is 0 Å². The van der Waals surface area contributed by atoms with E-state index in [0.717, 1.165) is 23.7 Å². The van der Waals surface area contributed by atoms with Gasteiger partial charge < -0.3 is 0 Å². The maximum Gasteiger partial charge on any atom is 0.206 e. The van der Waals surface area contributed by atoms with Crippen LogP contribution in [0.15, 0.2) is 12.4 Å². The monoisotopic (exact) mass is 214 g/mol. The van der Waals surface area contributed by atoms with Gasteiger partial charge in [0.15, 0.2) is 5.15 Å². The van der Waals surface area contributed by atoms with Crippen molar-refractivity contribution in [3.05, 3.63) is 23.1 Å². The number of halogens is 1. The van der Waals surface area contributed by atoms with Crippen molar-refractivity contribution < 1.29 is 0 Å². The van der Waals surface area contributed by atoms with E-state index >= 15 is 0 Å². The minimum atomic E-state index is 0.399. The summed E-state index contributed by atoms with van der Waals surface area (Å²) in [4.78, 5) is 0. The molecule has 0 aliphatic rings. The van der Waals surface area contributed by atoms with E-state index in [-0.39, 0.29) is 0 Å². The molecule has 0 aromatic carbocycles. The fraction of sp³-hybridized carbons (Fsp3) is 0.286. The van der Waals surface area contributed by atoms with Gasteiger partial charge in [0.05, 0.1) is 17.9 Å². The number of nitrogens with zero attached hydrogens (tertiary/aromatic N) is 4. The zero-order valence-electron chi connectivity index (χ0n) is 6.94. The van der Waals surface area contributed by atoms with Gasteiger partial charge in [-0.15, -0.1) is 0 Å². The standard InChI is InChI=1S/C7H7ClN4S/c1-2-5-3-9-12(4-5)7-6(8)10-13-11-7/h3-4H,2H2,1H3. The molecular formula is C7H7ClN4S. The van der Waals surface area contributed by atoms with Gasteiger partial charge in [-0.3, -0.25) is 0 Å². The molecule has 4 nitrogen and oxygen atoms in total. The lowest BCUT2D eigenvalue weighted by Crippen LogP contribution is -1.94. The van der Waals surface area contributed by atoms with Crippen molar-refractivity contribution in [2.45, 2.75) is 13.3 Å². The molecule has 6 heteroatoms. The molecule has 0 unspecified atom stereocenters. The van der Waals surface area contributed by atoms with E-state index in [4.69, 9.17) is 11.6 Å². The molecule has 13 heavy (non-hydrogen) atoms. The summed E-state index contributed by atoms with van der Waals surface area (Å²) in [5.74, 6) is 0.603. The van der Waals surface area contributed by atoms with Gasteiger partial charge in [-0.2, -0.15) is 13.8 Å². The Bertz CT molecular complexity index is 408. The molecule has 68 valence electrons. The van der Waals surface area contributed by atoms with Crippen LogP contribution in [0.25, 0.3) is 5.82 Å². The average Bonchev–Trinajstić information content (AvgIpc) is 2.71. The molecule has 0 bridgehead atoms. The predicted molar refractivity (Wildman–Crippen MR) is 51.4 cm³/mol.